The molecular weight excluding hydrogens is 365 g/mol. The summed E-state index contributed by atoms with van der Waals surface area (Å²) in [5, 5.41) is 21.5. The Labute approximate surface area is 141 Å². The van der Waals surface area contributed by atoms with E-state index in [0.717, 1.165) is 37.1 Å². The van der Waals surface area contributed by atoms with Gasteiger partial charge in [0.05, 0.1) is 4.90 Å². The molecule has 0 heterocycles. The monoisotopic (exact) mass is 376 g/mol. The number of aliphatic hydroxyl groups is 1. The van der Waals surface area contributed by atoms with Crippen LogP contribution in [0.1, 0.15) is 12.8 Å². The molecule has 0 amide bonds. The first kappa shape index (κ1) is 18.2. The largest absolute Gasteiger partial charge is 0.511 e. The number of sulfone groups is 1. The lowest BCUT2D eigenvalue weighted by molar-refractivity contribution is -0.0436. The zero-order valence-corrected chi connectivity index (χ0v) is 13.6. The smallest absolute Gasteiger partial charge is 0.501 e. The molecule has 0 bridgehead atoms. The Morgan fingerprint density at radius 2 is 1.83 bits per heavy atom. The fraction of sp³-hybridized carbons (Fsp3) is 0.286. The van der Waals surface area contributed by atoms with Gasteiger partial charge in [0.1, 0.15) is 22.4 Å². The van der Waals surface area contributed by atoms with E-state index in [1.54, 1.807) is 6.07 Å². The summed E-state index contributed by atoms with van der Waals surface area (Å²) in [7, 11) is -5.42. The van der Waals surface area contributed by atoms with E-state index in [-0.39, 0.29) is 27.9 Å². The summed E-state index contributed by atoms with van der Waals surface area (Å²) >= 11 is 5.00. The van der Waals surface area contributed by atoms with Crippen LogP contribution in [0.5, 0.6) is 0 Å². The molecule has 1 saturated carbocycles. The van der Waals surface area contributed by atoms with Gasteiger partial charge in [0.2, 0.25) is 0 Å². The summed E-state index contributed by atoms with van der Waals surface area (Å²) < 4.78 is 59.9. The van der Waals surface area contributed by atoms with Gasteiger partial charge in [0.15, 0.2) is 0 Å². The second-order valence-corrected chi connectivity index (χ2v) is 7.42. The number of hydrogen-bond acceptors (Lipinski definition) is 5. The Hall–Kier alpha value is -2.12. The Morgan fingerprint density at radius 1 is 1.29 bits per heavy atom. The number of nitriles is 1. The summed E-state index contributed by atoms with van der Waals surface area (Å²) in [6.07, 6.45) is 1.51. The first-order valence-electron chi connectivity index (χ1n) is 6.64. The highest BCUT2D eigenvalue weighted by Gasteiger charge is 2.46. The Morgan fingerprint density at radius 3 is 2.25 bits per heavy atom. The number of nitrogens with one attached hydrogen (secondary N) is 1. The summed E-state index contributed by atoms with van der Waals surface area (Å²) in [5.41, 5.74) is -5.30. The molecule has 0 atom stereocenters. The third-order valence-electron chi connectivity index (χ3n) is 3.29. The highest BCUT2D eigenvalue weighted by Crippen LogP contribution is 2.36. The summed E-state index contributed by atoms with van der Waals surface area (Å²) in [4.78, 5) is -0.989. The van der Waals surface area contributed by atoms with Crippen molar-refractivity contribution in [2.45, 2.75) is 23.2 Å². The predicted octanol–water partition coefficient (Wildman–Crippen LogP) is 3.47. The number of nitrogens with zero attached hydrogens (tertiary/aromatic N) is 1. The number of rotatable bonds is 4. The van der Waals surface area contributed by atoms with E-state index in [4.69, 9.17) is 17.5 Å². The van der Waals surface area contributed by atoms with Gasteiger partial charge in [-0.3, -0.25) is 0 Å². The Balaban J connectivity index is 2.19. The first-order chi connectivity index (χ1) is 11.1. The molecule has 5 nitrogen and oxygen atoms in total. The van der Waals surface area contributed by atoms with E-state index in [1.807, 2.05) is 0 Å². The molecule has 0 spiro atoms. The number of benzene rings is 1. The van der Waals surface area contributed by atoms with Crippen LogP contribution in [0.25, 0.3) is 0 Å². The van der Waals surface area contributed by atoms with Gasteiger partial charge in [-0.25, -0.2) is 8.42 Å². The molecule has 1 aromatic carbocycles. The number of aliphatic hydroxyl groups excluding tert-OH is 1. The fourth-order valence-electron chi connectivity index (χ4n) is 1.83. The molecule has 0 aliphatic heterocycles. The van der Waals surface area contributed by atoms with Crippen molar-refractivity contribution >= 4 is 32.7 Å². The van der Waals surface area contributed by atoms with Gasteiger partial charge in [-0.1, -0.05) is 12.2 Å². The number of alkyl halides is 3. The molecule has 0 saturated heterocycles. The second-order valence-electron chi connectivity index (χ2n) is 5.07. The summed E-state index contributed by atoms with van der Waals surface area (Å²) in [6, 6.07) is 5.53. The summed E-state index contributed by atoms with van der Waals surface area (Å²) in [5.74, 6) is -0.218. The highest BCUT2D eigenvalue weighted by molar-refractivity contribution is 7.92. The number of halogens is 3. The second kappa shape index (κ2) is 6.41. The van der Waals surface area contributed by atoms with Crippen LogP contribution in [0.2, 0.25) is 0 Å². The minimum absolute atomic E-state index is 0.0895. The normalized spacial score (nSPS) is 16.1. The van der Waals surface area contributed by atoms with Crippen LogP contribution in [0.15, 0.2) is 40.5 Å². The molecule has 128 valence electrons. The lowest BCUT2D eigenvalue weighted by atomic mass is 10.2. The van der Waals surface area contributed by atoms with Gasteiger partial charge in [-0.15, -0.1) is 0 Å². The van der Waals surface area contributed by atoms with Gasteiger partial charge in [0, 0.05) is 11.6 Å². The van der Waals surface area contributed by atoms with Crippen molar-refractivity contribution in [1.29, 1.82) is 5.26 Å². The van der Waals surface area contributed by atoms with Crippen LogP contribution >= 0.6 is 12.2 Å². The molecular formula is C14H11F3N2O3S2. The van der Waals surface area contributed by atoms with E-state index in [1.165, 1.54) is 0 Å². The third-order valence-corrected chi connectivity index (χ3v) is 5.09. The number of anilines is 1. The molecule has 1 fully saturated rings. The van der Waals surface area contributed by atoms with Crippen molar-refractivity contribution in [3.63, 3.8) is 0 Å². The standard InChI is InChI=1S/C14H11F3N2O3S2/c15-14(16,17)24(21,22)10-5-3-9(4-6-10)19-13(23)11(7-18)12(20)8-1-2-8/h3-6,8,20H,1-2H2,(H,19,23)/b12-11+. The Kier molecular flexibility index (Phi) is 4.87. The van der Waals surface area contributed by atoms with Gasteiger partial charge >= 0.3 is 5.51 Å². The molecule has 2 N–H and O–H groups in total. The topological polar surface area (TPSA) is 90.2 Å². The van der Waals surface area contributed by atoms with Crippen LogP contribution < -0.4 is 5.32 Å². The fourth-order valence-corrected chi connectivity index (χ4v) is 2.86. The van der Waals surface area contributed by atoms with Gasteiger partial charge in [-0.05, 0) is 37.1 Å². The van der Waals surface area contributed by atoms with Crippen LogP contribution in [0.3, 0.4) is 0 Å². The minimum Gasteiger partial charge on any atom is -0.511 e. The van der Waals surface area contributed by atoms with Crippen LogP contribution in [-0.4, -0.2) is 24.0 Å². The first-order valence-corrected chi connectivity index (χ1v) is 8.53. The van der Waals surface area contributed by atoms with E-state index in [2.05, 4.69) is 5.32 Å². The molecule has 1 aliphatic rings. The highest BCUT2D eigenvalue weighted by atomic mass is 32.2. The summed E-state index contributed by atoms with van der Waals surface area (Å²) in [6.45, 7) is 0. The van der Waals surface area contributed by atoms with E-state index in [9.17, 15) is 26.7 Å². The van der Waals surface area contributed by atoms with Crippen molar-refractivity contribution < 1.29 is 26.7 Å². The maximum absolute atomic E-state index is 12.5. The molecule has 1 aromatic rings. The molecule has 2 rings (SSSR count). The van der Waals surface area contributed by atoms with Gasteiger partial charge < -0.3 is 10.4 Å². The van der Waals surface area contributed by atoms with Gasteiger partial charge in [-0.2, -0.15) is 18.4 Å². The van der Waals surface area contributed by atoms with Crippen molar-refractivity contribution in [3.05, 3.63) is 35.6 Å². The minimum atomic E-state index is -5.42. The molecule has 24 heavy (non-hydrogen) atoms. The van der Waals surface area contributed by atoms with E-state index >= 15 is 0 Å². The van der Waals surface area contributed by atoms with Crippen molar-refractivity contribution in [2.75, 3.05) is 5.32 Å². The SMILES string of the molecule is N#C/C(C(=S)Nc1ccc(S(=O)(=O)C(F)(F)F)cc1)=C(\O)C1CC1. The molecule has 0 unspecified atom stereocenters. The average molecular weight is 376 g/mol. The molecule has 0 aromatic heterocycles. The van der Waals surface area contributed by atoms with Crippen LogP contribution in [-0.2, 0) is 9.84 Å². The van der Waals surface area contributed by atoms with E-state index in [0.29, 0.717) is 0 Å². The van der Waals surface area contributed by atoms with Crippen molar-refractivity contribution in [1.82, 2.24) is 0 Å². The average Bonchev–Trinajstić information content (AvgIpc) is 3.31. The quantitative estimate of drug-likeness (QED) is 0.362. The van der Waals surface area contributed by atoms with E-state index < -0.39 is 20.2 Å². The zero-order valence-electron chi connectivity index (χ0n) is 12.0. The van der Waals surface area contributed by atoms with Gasteiger partial charge in [0.25, 0.3) is 9.84 Å². The number of hydrogen-bond donors (Lipinski definition) is 2. The van der Waals surface area contributed by atoms with Crippen LogP contribution in [0.4, 0.5) is 18.9 Å². The lowest BCUT2D eigenvalue weighted by Gasteiger charge is -2.11. The zero-order chi connectivity index (χ0) is 18.1. The molecule has 0 radical (unpaired) electrons. The predicted molar refractivity (Wildman–Crippen MR) is 83.9 cm³/mol. The number of allylic oxidation sites excluding steroid dienone is 1. The molecule has 10 heteroatoms. The lowest BCUT2D eigenvalue weighted by Crippen LogP contribution is -2.23. The maximum atomic E-state index is 12.5. The maximum Gasteiger partial charge on any atom is 0.501 e. The Bertz CT molecular complexity index is 834. The van der Waals surface area contributed by atoms with Crippen LogP contribution in [0, 0.1) is 17.2 Å². The molecule has 1 aliphatic carbocycles. The van der Waals surface area contributed by atoms with Crippen molar-refractivity contribution in [3.8, 4) is 6.07 Å². The number of thiocarbonyl (C=S) groups is 1. The van der Waals surface area contributed by atoms with Crippen molar-refractivity contribution in [2.24, 2.45) is 5.92 Å². The third kappa shape index (κ3) is 3.68.